The molecule has 0 heterocycles. The van der Waals surface area contributed by atoms with Gasteiger partial charge in [0, 0.05) is 12.8 Å². The topological polar surface area (TPSA) is 63.6 Å². The van der Waals surface area contributed by atoms with E-state index in [1.165, 1.54) is 122 Å². The minimum Gasteiger partial charge on any atom is -0.481 e. The Labute approximate surface area is 311 Å². The molecule has 0 aliphatic heterocycles. The molecule has 0 fully saturated rings. The fourth-order valence-electron chi connectivity index (χ4n) is 6.34. The van der Waals surface area contributed by atoms with Crippen molar-refractivity contribution in [3.8, 4) is 0 Å². The van der Waals surface area contributed by atoms with Crippen LogP contribution in [0.3, 0.4) is 0 Å². The van der Waals surface area contributed by atoms with E-state index < -0.39 is 5.97 Å². The molecule has 0 aliphatic carbocycles. The molecule has 0 spiro atoms. The molecule has 0 rings (SSSR count). The van der Waals surface area contributed by atoms with Crippen LogP contribution in [0.25, 0.3) is 0 Å². The molecule has 0 radical (unpaired) electrons. The minimum absolute atomic E-state index is 0.0139. The van der Waals surface area contributed by atoms with E-state index in [0.717, 1.165) is 77.0 Å². The molecule has 0 aromatic carbocycles. The minimum atomic E-state index is -0.666. The molecule has 0 aromatic rings. The second kappa shape index (κ2) is 41.3. The maximum Gasteiger partial charge on any atom is 0.306 e. The second-order valence-corrected chi connectivity index (χ2v) is 14.5. The first kappa shape index (κ1) is 47.9. The molecule has 0 amide bonds. The van der Waals surface area contributed by atoms with E-state index in [-0.39, 0.29) is 12.1 Å². The number of hydrogen-bond donors (Lipinski definition) is 1. The molecule has 1 N–H and O–H groups in total. The molecular weight excluding hydrogens is 617 g/mol. The van der Waals surface area contributed by atoms with Gasteiger partial charge in [-0.1, -0.05) is 178 Å². The number of esters is 1. The summed E-state index contributed by atoms with van der Waals surface area (Å²) in [4.78, 5) is 23.1. The van der Waals surface area contributed by atoms with Gasteiger partial charge in [0.25, 0.3) is 0 Å². The Morgan fingerprint density at radius 2 is 0.780 bits per heavy atom. The van der Waals surface area contributed by atoms with Crippen molar-refractivity contribution in [2.75, 3.05) is 0 Å². The van der Waals surface area contributed by atoms with Gasteiger partial charge in [-0.25, -0.2) is 0 Å². The molecule has 0 saturated carbocycles. The number of carbonyl (C=O) groups is 2. The van der Waals surface area contributed by atoms with E-state index in [4.69, 9.17) is 9.84 Å². The van der Waals surface area contributed by atoms with Crippen LogP contribution in [0.1, 0.15) is 226 Å². The van der Waals surface area contributed by atoms with Crippen LogP contribution < -0.4 is 0 Å². The highest BCUT2D eigenvalue weighted by molar-refractivity contribution is 5.69. The summed E-state index contributed by atoms with van der Waals surface area (Å²) >= 11 is 0. The molecule has 50 heavy (non-hydrogen) atoms. The molecule has 1 unspecified atom stereocenters. The number of ether oxygens (including phenoxy) is 1. The van der Waals surface area contributed by atoms with Crippen molar-refractivity contribution >= 4 is 11.9 Å². The number of carbonyl (C=O) groups excluding carboxylic acids is 1. The third-order valence-electron chi connectivity index (χ3n) is 9.55. The van der Waals surface area contributed by atoms with Gasteiger partial charge in [0.2, 0.25) is 0 Å². The fourth-order valence-corrected chi connectivity index (χ4v) is 6.34. The highest BCUT2D eigenvalue weighted by atomic mass is 16.5. The molecule has 0 saturated heterocycles. The van der Waals surface area contributed by atoms with E-state index >= 15 is 0 Å². The summed E-state index contributed by atoms with van der Waals surface area (Å²) in [5.74, 6) is -0.652. The van der Waals surface area contributed by atoms with E-state index in [2.05, 4.69) is 62.5 Å². The lowest BCUT2D eigenvalue weighted by molar-refractivity contribution is -0.150. The smallest absolute Gasteiger partial charge is 0.306 e. The normalized spacial score (nSPS) is 12.7. The zero-order valence-electron chi connectivity index (χ0n) is 33.2. The van der Waals surface area contributed by atoms with E-state index in [0.29, 0.717) is 12.8 Å². The maximum atomic E-state index is 12.6. The van der Waals surface area contributed by atoms with Crippen LogP contribution in [-0.2, 0) is 14.3 Å². The van der Waals surface area contributed by atoms with Crippen LogP contribution in [0.15, 0.2) is 48.6 Å². The largest absolute Gasteiger partial charge is 0.481 e. The van der Waals surface area contributed by atoms with Gasteiger partial charge in [0.05, 0.1) is 0 Å². The Balaban J connectivity index is 3.78. The van der Waals surface area contributed by atoms with Crippen molar-refractivity contribution in [2.45, 2.75) is 232 Å². The van der Waals surface area contributed by atoms with Crippen molar-refractivity contribution in [3.05, 3.63) is 48.6 Å². The number of carboxylic acids is 1. The van der Waals surface area contributed by atoms with Crippen LogP contribution in [0, 0.1) is 0 Å². The predicted molar refractivity (Wildman–Crippen MR) is 218 cm³/mol. The van der Waals surface area contributed by atoms with Crippen molar-refractivity contribution in [1.82, 2.24) is 0 Å². The lowest BCUT2D eigenvalue weighted by atomic mass is 10.0. The van der Waals surface area contributed by atoms with Crippen molar-refractivity contribution in [1.29, 1.82) is 0 Å². The van der Waals surface area contributed by atoms with Gasteiger partial charge in [0.1, 0.15) is 6.10 Å². The highest BCUT2D eigenvalue weighted by Crippen LogP contribution is 2.18. The standard InChI is InChI=1S/C46H82O4/c1-3-5-7-8-9-10-11-12-13-14-15-16-20-23-26-29-32-35-39-43-46(49)50-44(40-36-6-4-2)41-37-33-30-27-24-21-18-17-19-22-25-28-31-34-38-42-45(47)48/h9-10,12-13,15-16,23,26,44H,3-8,11,14,17-22,24-25,27-43H2,1-2H3,(H,47,48)/b10-9-,13-12-,16-15-,26-23-. The monoisotopic (exact) mass is 699 g/mol. The number of unbranched alkanes of at least 4 members (excludes halogenated alkanes) is 22. The quantitative estimate of drug-likeness (QED) is 0.0394. The van der Waals surface area contributed by atoms with Gasteiger partial charge in [-0.2, -0.15) is 0 Å². The Morgan fingerprint density at radius 1 is 0.440 bits per heavy atom. The second-order valence-electron chi connectivity index (χ2n) is 14.5. The summed E-state index contributed by atoms with van der Waals surface area (Å²) in [6, 6.07) is 0. The molecule has 0 aromatic heterocycles. The molecule has 0 aliphatic rings. The van der Waals surface area contributed by atoms with Crippen molar-refractivity contribution in [2.24, 2.45) is 0 Å². The molecule has 4 heteroatoms. The molecule has 1 atom stereocenters. The van der Waals surface area contributed by atoms with Crippen LogP contribution in [0.2, 0.25) is 0 Å². The number of carboxylic acid groups (broad SMARTS) is 1. The van der Waals surface area contributed by atoms with Gasteiger partial charge >= 0.3 is 11.9 Å². The maximum absolute atomic E-state index is 12.6. The predicted octanol–water partition coefficient (Wildman–Crippen LogP) is 15.1. The molecule has 4 nitrogen and oxygen atoms in total. The first-order valence-electron chi connectivity index (χ1n) is 21.6. The van der Waals surface area contributed by atoms with Gasteiger partial charge in [-0.05, 0) is 83.5 Å². The van der Waals surface area contributed by atoms with Crippen LogP contribution >= 0.6 is 0 Å². The van der Waals surface area contributed by atoms with Crippen molar-refractivity contribution in [3.63, 3.8) is 0 Å². The Morgan fingerprint density at radius 3 is 1.24 bits per heavy atom. The van der Waals surface area contributed by atoms with E-state index in [1.807, 2.05) is 0 Å². The lowest BCUT2D eigenvalue weighted by Gasteiger charge is -2.18. The summed E-state index contributed by atoms with van der Waals surface area (Å²) in [7, 11) is 0. The van der Waals surface area contributed by atoms with Crippen molar-refractivity contribution < 1.29 is 19.4 Å². The highest BCUT2D eigenvalue weighted by Gasteiger charge is 2.14. The lowest BCUT2D eigenvalue weighted by Crippen LogP contribution is -2.18. The number of rotatable bonds is 39. The van der Waals surface area contributed by atoms with Gasteiger partial charge in [0.15, 0.2) is 0 Å². The average Bonchev–Trinajstić information content (AvgIpc) is 3.10. The van der Waals surface area contributed by atoms with Gasteiger partial charge < -0.3 is 9.84 Å². The number of aliphatic carboxylic acids is 1. The summed E-state index contributed by atoms with van der Waals surface area (Å²) in [5, 5.41) is 8.68. The Hall–Kier alpha value is -2.10. The summed E-state index contributed by atoms with van der Waals surface area (Å²) < 4.78 is 5.98. The third-order valence-corrected chi connectivity index (χ3v) is 9.55. The SMILES string of the molecule is CCCCC/C=C\C/C=C\C/C=C\C/C=C\CCCCCC(=O)OC(CCCCC)CCCCCCCCCCCCCCCCCC(=O)O. The number of hydrogen-bond acceptors (Lipinski definition) is 3. The van der Waals surface area contributed by atoms with Gasteiger partial charge in [-0.3, -0.25) is 9.59 Å². The first-order valence-corrected chi connectivity index (χ1v) is 21.6. The fraction of sp³-hybridized carbons (Fsp3) is 0.783. The molecular formula is C46H82O4. The van der Waals surface area contributed by atoms with Crippen LogP contribution in [-0.4, -0.2) is 23.1 Å². The number of allylic oxidation sites excluding steroid dienone is 8. The summed E-state index contributed by atoms with van der Waals surface area (Å²) in [6.45, 7) is 4.48. The van der Waals surface area contributed by atoms with Crippen LogP contribution in [0.5, 0.6) is 0 Å². The first-order chi connectivity index (χ1) is 24.6. The van der Waals surface area contributed by atoms with Gasteiger partial charge in [-0.15, -0.1) is 0 Å². The Bertz CT molecular complexity index is 839. The summed E-state index contributed by atoms with van der Waals surface area (Å²) in [6.07, 6.45) is 56.1. The van der Waals surface area contributed by atoms with Crippen LogP contribution in [0.4, 0.5) is 0 Å². The zero-order chi connectivity index (χ0) is 36.4. The zero-order valence-corrected chi connectivity index (χ0v) is 33.2. The summed E-state index contributed by atoms with van der Waals surface area (Å²) in [5.41, 5.74) is 0. The molecule has 290 valence electrons. The van der Waals surface area contributed by atoms with E-state index in [1.54, 1.807) is 0 Å². The average molecular weight is 699 g/mol. The third kappa shape index (κ3) is 40.3. The Kier molecular flexibility index (Phi) is 39.6. The van der Waals surface area contributed by atoms with E-state index in [9.17, 15) is 9.59 Å². The molecule has 0 bridgehead atoms.